The first kappa shape index (κ1) is 18.8. The Balaban J connectivity index is 1.73. The van der Waals surface area contributed by atoms with Crippen molar-refractivity contribution in [1.29, 1.82) is 0 Å². The predicted octanol–water partition coefficient (Wildman–Crippen LogP) is 2.12. The molecule has 1 aliphatic heterocycles. The van der Waals surface area contributed by atoms with Crippen LogP contribution >= 0.6 is 0 Å². The highest BCUT2D eigenvalue weighted by atomic mass is 16.6. The molecule has 1 heterocycles. The minimum atomic E-state index is -1.17. The van der Waals surface area contributed by atoms with Crippen LogP contribution in [0.4, 0.5) is 0 Å². The van der Waals surface area contributed by atoms with Gasteiger partial charge in [-0.3, -0.25) is 19.2 Å². The summed E-state index contributed by atoms with van der Waals surface area (Å²) in [5.41, 5.74) is -1.11. The number of allylic oxidation sites excluding steroid dienone is 2. The van der Waals surface area contributed by atoms with E-state index in [4.69, 9.17) is 14.2 Å². The van der Waals surface area contributed by atoms with Gasteiger partial charge in [0.2, 0.25) is 0 Å². The van der Waals surface area contributed by atoms with Crippen molar-refractivity contribution < 1.29 is 33.4 Å². The number of hydrogen-bond acceptors (Lipinski definition) is 7. The molecule has 29 heavy (non-hydrogen) atoms. The SMILES string of the molecule is COC(=O)[C@H]1[C@H]2[C@@]3(CC[C@H](OC(C)=O)[C@@]2(C)C(=O)O3)[C@@H]2CCC3=C(C)C(=O)[C@@]12C3. The van der Waals surface area contributed by atoms with Gasteiger partial charge in [-0.15, -0.1) is 0 Å². The van der Waals surface area contributed by atoms with Crippen LogP contribution in [0.2, 0.25) is 0 Å². The van der Waals surface area contributed by atoms with E-state index in [2.05, 4.69) is 0 Å². The van der Waals surface area contributed by atoms with Gasteiger partial charge >= 0.3 is 17.9 Å². The maximum atomic E-state index is 13.6. The van der Waals surface area contributed by atoms with E-state index in [0.717, 1.165) is 17.6 Å². The molecule has 3 saturated carbocycles. The van der Waals surface area contributed by atoms with E-state index >= 15 is 0 Å². The summed E-state index contributed by atoms with van der Waals surface area (Å²) in [5, 5.41) is 0. The van der Waals surface area contributed by atoms with Gasteiger partial charge in [-0.1, -0.05) is 5.57 Å². The Bertz CT molecular complexity index is 903. The average Bonchev–Trinajstić information content (AvgIpc) is 3.11. The third kappa shape index (κ3) is 1.86. The van der Waals surface area contributed by atoms with Gasteiger partial charge in [-0.2, -0.15) is 0 Å². The smallest absolute Gasteiger partial charge is 0.316 e. The molecular formula is C22H26O7. The molecule has 5 aliphatic rings. The predicted molar refractivity (Wildman–Crippen MR) is 98.2 cm³/mol. The zero-order valence-corrected chi connectivity index (χ0v) is 17.2. The van der Waals surface area contributed by atoms with Gasteiger partial charge in [0.1, 0.15) is 17.1 Å². The molecule has 5 rings (SSSR count). The minimum absolute atomic E-state index is 0.00325. The lowest BCUT2D eigenvalue weighted by molar-refractivity contribution is -0.171. The molecule has 7 nitrogen and oxygen atoms in total. The van der Waals surface area contributed by atoms with Crippen LogP contribution in [0.1, 0.15) is 52.9 Å². The Morgan fingerprint density at radius 1 is 1.21 bits per heavy atom. The maximum absolute atomic E-state index is 13.6. The van der Waals surface area contributed by atoms with Gasteiger partial charge in [0.25, 0.3) is 0 Å². The molecule has 7 atom stereocenters. The molecule has 0 N–H and O–H groups in total. The first-order valence-corrected chi connectivity index (χ1v) is 10.4. The highest BCUT2D eigenvalue weighted by Gasteiger charge is 2.85. The standard InChI is InChI=1S/C22H26O7/c1-10-12-5-6-13-21(9-12,17(10)24)15(18(25)27-4)16-20(3)14(28-11(2)23)7-8-22(13,16)29-19(20)26/h13-16H,5-9H2,1-4H3/t13-,14+,15-,16-,20-,21-,22-/m1/s1. The fraction of sp³-hybridized carbons (Fsp3) is 0.727. The van der Waals surface area contributed by atoms with Crippen molar-refractivity contribution in [3.8, 4) is 0 Å². The Morgan fingerprint density at radius 3 is 2.59 bits per heavy atom. The molecule has 0 aromatic rings. The number of carbonyl (C=O) groups is 4. The molecule has 0 unspecified atom stereocenters. The van der Waals surface area contributed by atoms with Crippen LogP contribution < -0.4 is 0 Å². The molecule has 0 radical (unpaired) electrons. The van der Waals surface area contributed by atoms with Crippen LogP contribution in [0.3, 0.4) is 0 Å². The van der Waals surface area contributed by atoms with Crippen LogP contribution in [-0.2, 0) is 33.4 Å². The van der Waals surface area contributed by atoms with Crippen LogP contribution in [0.15, 0.2) is 11.1 Å². The Kier molecular flexibility index (Phi) is 3.56. The van der Waals surface area contributed by atoms with E-state index in [1.165, 1.54) is 14.0 Å². The van der Waals surface area contributed by atoms with E-state index in [0.29, 0.717) is 25.7 Å². The molecule has 0 amide bonds. The topological polar surface area (TPSA) is 96.0 Å². The Hall–Kier alpha value is -2.18. The number of ether oxygens (including phenoxy) is 3. The number of esters is 3. The van der Waals surface area contributed by atoms with Crippen LogP contribution in [0.25, 0.3) is 0 Å². The van der Waals surface area contributed by atoms with E-state index in [1.807, 2.05) is 6.92 Å². The summed E-state index contributed by atoms with van der Waals surface area (Å²) < 4.78 is 16.9. The summed E-state index contributed by atoms with van der Waals surface area (Å²) in [6, 6.07) is 0. The summed E-state index contributed by atoms with van der Waals surface area (Å²) in [6.45, 7) is 4.89. The molecule has 1 spiro atoms. The third-order valence-electron chi connectivity index (χ3n) is 8.76. The van der Waals surface area contributed by atoms with Gasteiger partial charge in [0.15, 0.2) is 5.78 Å². The van der Waals surface area contributed by atoms with E-state index in [9.17, 15) is 19.2 Å². The molecular weight excluding hydrogens is 376 g/mol. The summed E-state index contributed by atoms with van der Waals surface area (Å²) >= 11 is 0. The maximum Gasteiger partial charge on any atom is 0.316 e. The Morgan fingerprint density at radius 2 is 1.93 bits per heavy atom. The number of hydrogen-bond donors (Lipinski definition) is 0. The van der Waals surface area contributed by atoms with Gasteiger partial charge in [-0.05, 0) is 51.5 Å². The summed E-state index contributed by atoms with van der Waals surface area (Å²) in [7, 11) is 1.32. The molecule has 156 valence electrons. The van der Waals surface area contributed by atoms with Crippen molar-refractivity contribution in [3.05, 3.63) is 11.1 Å². The van der Waals surface area contributed by atoms with E-state index < -0.39 is 52.3 Å². The third-order valence-corrected chi connectivity index (χ3v) is 8.76. The lowest BCUT2D eigenvalue weighted by atomic mass is 9.58. The largest absolute Gasteiger partial charge is 0.469 e. The van der Waals surface area contributed by atoms with Crippen LogP contribution in [0, 0.1) is 28.6 Å². The van der Waals surface area contributed by atoms with Crippen LogP contribution in [-0.4, -0.2) is 42.5 Å². The van der Waals surface area contributed by atoms with Crippen molar-refractivity contribution >= 4 is 23.7 Å². The summed E-state index contributed by atoms with van der Waals surface area (Å²) in [4.78, 5) is 51.7. The number of methoxy groups -OCH3 is 1. The quantitative estimate of drug-likeness (QED) is 0.516. The second-order valence-electron chi connectivity index (χ2n) is 9.61. The number of fused-ring (bicyclic) bond motifs is 1. The normalized spacial score (nSPS) is 46.9. The molecule has 4 aliphatic carbocycles. The zero-order chi connectivity index (χ0) is 20.9. The molecule has 0 aromatic heterocycles. The van der Waals surface area contributed by atoms with Gasteiger partial charge in [0, 0.05) is 18.8 Å². The minimum Gasteiger partial charge on any atom is -0.469 e. The van der Waals surface area contributed by atoms with Crippen molar-refractivity contribution in [2.45, 2.75) is 64.6 Å². The first-order chi connectivity index (χ1) is 13.6. The molecule has 0 aromatic carbocycles. The van der Waals surface area contributed by atoms with Crippen molar-refractivity contribution in [2.24, 2.45) is 28.6 Å². The second-order valence-corrected chi connectivity index (χ2v) is 9.61. The fourth-order valence-electron chi connectivity index (χ4n) is 7.78. The summed E-state index contributed by atoms with van der Waals surface area (Å²) in [5.74, 6) is -2.93. The van der Waals surface area contributed by atoms with Crippen molar-refractivity contribution in [3.63, 3.8) is 0 Å². The highest BCUT2D eigenvalue weighted by molar-refractivity contribution is 6.07. The lowest BCUT2D eigenvalue weighted by Crippen LogP contribution is -2.54. The average molecular weight is 402 g/mol. The van der Waals surface area contributed by atoms with Crippen molar-refractivity contribution in [1.82, 2.24) is 0 Å². The first-order valence-electron chi connectivity index (χ1n) is 10.4. The van der Waals surface area contributed by atoms with E-state index in [-0.39, 0.29) is 11.7 Å². The van der Waals surface area contributed by atoms with Gasteiger partial charge in [0.05, 0.1) is 18.4 Å². The van der Waals surface area contributed by atoms with Crippen LogP contribution in [0.5, 0.6) is 0 Å². The zero-order valence-electron chi connectivity index (χ0n) is 17.2. The fourth-order valence-corrected chi connectivity index (χ4v) is 7.78. The number of Topliss-reactive ketones (excluding diaryl/α,β-unsaturated/α-hetero) is 1. The highest BCUT2D eigenvalue weighted by Crippen LogP contribution is 2.76. The van der Waals surface area contributed by atoms with Gasteiger partial charge in [-0.25, -0.2) is 0 Å². The van der Waals surface area contributed by atoms with Gasteiger partial charge < -0.3 is 14.2 Å². The summed E-state index contributed by atoms with van der Waals surface area (Å²) in [6.07, 6.45) is 2.32. The molecule has 1 saturated heterocycles. The van der Waals surface area contributed by atoms with Crippen molar-refractivity contribution in [2.75, 3.05) is 7.11 Å². The second kappa shape index (κ2) is 5.49. The Labute approximate surface area is 169 Å². The monoisotopic (exact) mass is 402 g/mol. The number of rotatable bonds is 2. The molecule has 4 fully saturated rings. The van der Waals surface area contributed by atoms with E-state index in [1.54, 1.807) is 6.92 Å². The number of carbonyl (C=O) groups excluding carboxylic acids is 4. The number of ketones is 1. The lowest BCUT2D eigenvalue weighted by Gasteiger charge is -2.44. The molecule has 4 bridgehead atoms. The molecule has 7 heteroatoms.